The molecule has 0 unspecified atom stereocenters. The Kier molecular flexibility index (Phi) is 71.1. The molecule has 0 atom stereocenters. The van der Waals surface area contributed by atoms with Crippen molar-refractivity contribution in [2.45, 2.75) is 0 Å². The first kappa shape index (κ1) is 50.9. The van der Waals surface area contributed by atoms with E-state index in [1.807, 2.05) is 0 Å². The number of hydrogen-bond acceptors (Lipinski definition) is 6. The molecule has 0 aromatic carbocycles. The molecule has 17 heteroatoms. The maximum atomic E-state index is 8.74. The predicted octanol–water partition coefficient (Wildman–Crippen LogP) is -5.70. The fourth-order valence-corrected chi connectivity index (χ4v) is 0. The Morgan fingerprint density at radius 3 is 0.684 bits per heavy atom. The minimum atomic E-state index is -4.67. The molecule has 0 rings (SSSR count). The van der Waals surface area contributed by atoms with Crippen LogP contribution in [0.25, 0.3) is 0 Å². The molecule has 0 bridgehead atoms. The van der Waals surface area contributed by atoms with Crippen LogP contribution in [0.2, 0.25) is 0 Å². The SMILES string of the molecule is NCCN.O.O.O.O.O=S(=O)(O)O.O=S(=O)(O)O.[Fe]. The zero-order chi connectivity index (χ0) is 12.4. The van der Waals surface area contributed by atoms with Crippen LogP contribution in [0.4, 0.5) is 0 Å². The van der Waals surface area contributed by atoms with Crippen molar-refractivity contribution in [3.05, 3.63) is 0 Å². The van der Waals surface area contributed by atoms with Gasteiger partial charge in [0, 0.05) is 30.2 Å². The minimum absolute atomic E-state index is 0. The van der Waals surface area contributed by atoms with Gasteiger partial charge < -0.3 is 33.4 Å². The Balaban J connectivity index is -0.0000000141. The summed E-state index contributed by atoms with van der Waals surface area (Å²) in [6, 6.07) is 0. The van der Waals surface area contributed by atoms with Gasteiger partial charge in [-0.3, -0.25) is 18.2 Å². The molecular formula is C2H20FeN2O12S2. The van der Waals surface area contributed by atoms with Crippen molar-refractivity contribution in [2.75, 3.05) is 13.1 Å². The van der Waals surface area contributed by atoms with Crippen LogP contribution in [-0.4, -0.2) is 70.0 Å². The molecule has 14 nitrogen and oxygen atoms in total. The summed E-state index contributed by atoms with van der Waals surface area (Å²) in [5, 5.41) is 0. The normalized spacial score (nSPS) is 7.68. The first-order chi connectivity index (χ1) is 5.91. The molecule has 130 valence electrons. The predicted molar refractivity (Wildman–Crippen MR) is 60.9 cm³/mol. The molecule has 19 heavy (non-hydrogen) atoms. The van der Waals surface area contributed by atoms with Crippen LogP contribution >= 0.6 is 0 Å². The quantitative estimate of drug-likeness (QED) is 0.183. The largest absolute Gasteiger partial charge is 0.412 e. The zero-order valence-electron chi connectivity index (χ0n) is 9.16. The fraction of sp³-hybridized carbons (Fsp3) is 1.00. The van der Waals surface area contributed by atoms with E-state index in [1.165, 1.54) is 0 Å². The first-order valence-electron chi connectivity index (χ1n) is 2.71. The molecule has 0 fully saturated rings. The van der Waals surface area contributed by atoms with Crippen LogP contribution in [-0.2, 0) is 37.9 Å². The summed E-state index contributed by atoms with van der Waals surface area (Å²) < 4.78 is 63.2. The van der Waals surface area contributed by atoms with Crippen LogP contribution in [0.3, 0.4) is 0 Å². The van der Waals surface area contributed by atoms with Crippen LogP contribution < -0.4 is 11.5 Å². The number of rotatable bonds is 1. The Morgan fingerprint density at radius 2 is 0.684 bits per heavy atom. The average molecular weight is 384 g/mol. The van der Waals surface area contributed by atoms with Crippen molar-refractivity contribution < 1.29 is 74.0 Å². The van der Waals surface area contributed by atoms with Gasteiger partial charge in [-0.15, -0.1) is 0 Å². The molecule has 0 radical (unpaired) electrons. The van der Waals surface area contributed by atoms with Gasteiger partial charge in [0.05, 0.1) is 0 Å². The van der Waals surface area contributed by atoms with E-state index in [-0.39, 0.29) is 39.0 Å². The third kappa shape index (κ3) is 4450. The molecule has 0 aromatic rings. The van der Waals surface area contributed by atoms with Crippen molar-refractivity contribution in [2.24, 2.45) is 11.5 Å². The van der Waals surface area contributed by atoms with E-state index in [9.17, 15) is 0 Å². The Hall–Kier alpha value is 0.0195. The van der Waals surface area contributed by atoms with Gasteiger partial charge in [0.25, 0.3) is 0 Å². The van der Waals surface area contributed by atoms with Crippen molar-refractivity contribution in [3.8, 4) is 0 Å². The molecule has 16 N–H and O–H groups in total. The molecular weight excluding hydrogens is 364 g/mol. The van der Waals surface area contributed by atoms with Gasteiger partial charge in [-0.2, -0.15) is 16.8 Å². The Bertz CT molecular complexity index is 252. The molecule has 0 spiro atoms. The number of hydrogen-bond donors (Lipinski definition) is 6. The second-order valence-corrected chi connectivity index (χ2v) is 3.26. The standard InChI is InChI=1S/C2H8N2.Fe.2H2O4S.4H2O/c3-1-2-4;;2*1-5(2,3)4;;;;/h1-4H2;;2*(H2,1,2,3,4);4*1H2. The number of nitrogens with two attached hydrogens (primary N) is 2. The van der Waals surface area contributed by atoms with Crippen molar-refractivity contribution >= 4 is 20.8 Å². The van der Waals surface area contributed by atoms with Gasteiger partial charge in [0.1, 0.15) is 0 Å². The molecule has 0 saturated carbocycles. The van der Waals surface area contributed by atoms with E-state index in [1.54, 1.807) is 0 Å². The van der Waals surface area contributed by atoms with Crippen LogP contribution in [0, 0.1) is 0 Å². The van der Waals surface area contributed by atoms with Gasteiger partial charge in [0.15, 0.2) is 0 Å². The van der Waals surface area contributed by atoms with Crippen molar-refractivity contribution in [1.29, 1.82) is 0 Å². The third-order valence-electron chi connectivity index (χ3n) is 0.167. The summed E-state index contributed by atoms with van der Waals surface area (Å²) in [5.41, 5.74) is 9.81. The van der Waals surface area contributed by atoms with Crippen LogP contribution in [0.5, 0.6) is 0 Å². The second kappa shape index (κ2) is 26.6. The Labute approximate surface area is 120 Å². The second-order valence-electron chi connectivity index (χ2n) is 1.47. The first-order valence-corrected chi connectivity index (χ1v) is 5.51. The molecule has 0 aliphatic rings. The van der Waals surface area contributed by atoms with Crippen LogP contribution in [0.1, 0.15) is 0 Å². The summed E-state index contributed by atoms with van der Waals surface area (Å²) in [6.45, 7) is 1.19. The zero-order valence-corrected chi connectivity index (χ0v) is 11.9. The summed E-state index contributed by atoms with van der Waals surface area (Å²) in [6.07, 6.45) is 0. The van der Waals surface area contributed by atoms with Crippen molar-refractivity contribution in [1.82, 2.24) is 0 Å². The minimum Gasteiger partial charge on any atom is -0.412 e. The summed E-state index contributed by atoms with van der Waals surface area (Å²) in [5.74, 6) is 0. The van der Waals surface area contributed by atoms with E-state index < -0.39 is 20.8 Å². The molecule has 0 heterocycles. The van der Waals surface area contributed by atoms with E-state index >= 15 is 0 Å². The third-order valence-corrected chi connectivity index (χ3v) is 0.167. The maximum absolute atomic E-state index is 8.74. The summed E-state index contributed by atoms with van der Waals surface area (Å²) in [4.78, 5) is 0. The van der Waals surface area contributed by atoms with E-state index in [4.69, 9.17) is 46.5 Å². The summed E-state index contributed by atoms with van der Waals surface area (Å²) >= 11 is 0. The Morgan fingerprint density at radius 1 is 0.632 bits per heavy atom. The van der Waals surface area contributed by atoms with E-state index in [0.717, 1.165) is 0 Å². The molecule has 0 aromatic heterocycles. The van der Waals surface area contributed by atoms with Gasteiger partial charge >= 0.3 is 20.8 Å². The smallest absolute Gasteiger partial charge is 0.394 e. The molecule has 0 amide bonds. The molecule has 0 aliphatic carbocycles. The van der Waals surface area contributed by atoms with Gasteiger partial charge in [0.2, 0.25) is 0 Å². The van der Waals surface area contributed by atoms with Crippen molar-refractivity contribution in [3.63, 3.8) is 0 Å². The van der Waals surface area contributed by atoms with E-state index in [0.29, 0.717) is 13.1 Å². The average Bonchev–Trinajstić information content (AvgIpc) is 1.79. The van der Waals surface area contributed by atoms with E-state index in [2.05, 4.69) is 0 Å². The van der Waals surface area contributed by atoms with Gasteiger partial charge in [-0.25, -0.2) is 0 Å². The topological polar surface area (TPSA) is 327 Å². The summed E-state index contributed by atoms with van der Waals surface area (Å²) in [7, 11) is -9.33. The van der Waals surface area contributed by atoms with Gasteiger partial charge in [-0.1, -0.05) is 0 Å². The van der Waals surface area contributed by atoms with Gasteiger partial charge in [-0.05, 0) is 0 Å². The fourth-order valence-electron chi connectivity index (χ4n) is 0. The monoisotopic (exact) mass is 384 g/mol. The van der Waals surface area contributed by atoms with Crippen LogP contribution in [0.15, 0.2) is 0 Å². The molecule has 0 aliphatic heterocycles. The molecule has 0 saturated heterocycles. The maximum Gasteiger partial charge on any atom is 0.394 e.